The van der Waals surface area contributed by atoms with E-state index >= 15 is 0 Å². The van der Waals surface area contributed by atoms with Crippen molar-refractivity contribution in [3.63, 3.8) is 0 Å². The minimum Gasteiger partial charge on any atom is -0.354 e. The third-order valence-electron chi connectivity index (χ3n) is 5.78. The monoisotopic (exact) mass is 412 g/mol. The molecule has 0 aromatic carbocycles. The average molecular weight is 412 g/mol. The number of hydrogen-bond acceptors (Lipinski definition) is 6. The van der Waals surface area contributed by atoms with Gasteiger partial charge in [-0.3, -0.25) is 14.8 Å². The van der Waals surface area contributed by atoms with Gasteiger partial charge in [0.2, 0.25) is 11.9 Å². The topological polar surface area (TPSA) is 108 Å². The summed E-state index contributed by atoms with van der Waals surface area (Å²) in [6.07, 6.45) is 10.4. The van der Waals surface area contributed by atoms with Crippen molar-refractivity contribution in [1.29, 1.82) is 0 Å². The molecule has 3 heterocycles. The third-order valence-corrected chi connectivity index (χ3v) is 5.78. The van der Waals surface area contributed by atoms with Crippen molar-refractivity contribution in [1.82, 2.24) is 25.1 Å². The smallest absolute Gasteiger partial charge is 0.322 e. The van der Waals surface area contributed by atoms with Gasteiger partial charge in [0.1, 0.15) is 11.9 Å². The number of carbonyl (C=O) groups excluding carboxylic acids is 2. The molecule has 2 fully saturated rings. The number of amides is 3. The highest BCUT2D eigenvalue weighted by atomic mass is 16.2. The first kappa shape index (κ1) is 20.1. The highest BCUT2D eigenvalue weighted by Gasteiger charge is 2.34. The van der Waals surface area contributed by atoms with Crippen molar-refractivity contribution in [2.24, 2.45) is 7.05 Å². The SMILES string of the molecule is CCN(c1ccnc(NC(=O)NC2CCN(c3cnn(C)c3)C2=O)n1)C1CCCC1. The fourth-order valence-corrected chi connectivity index (χ4v) is 4.31. The molecular formula is C20H28N8O2. The third kappa shape index (κ3) is 4.22. The summed E-state index contributed by atoms with van der Waals surface area (Å²) < 4.78 is 1.64. The van der Waals surface area contributed by atoms with Crippen molar-refractivity contribution in [2.45, 2.75) is 51.1 Å². The summed E-state index contributed by atoms with van der Waals surface area (Å²) >= 11 is 0. The Bertz CT molecular complexity index is 908. The van der Waals surface area contributed by atoms with Crippen LogP contribution in [0.1, 0.15) is 39.0 Å². The number of aryl methyl sites for hydroxylation is 1. The Hall–Kier alpha value is -3.17. The number of carbonyl (C=O) groups is 2. The van der Waals surface area contributed by atoms with Gasteiger partial charge in [-0.1, -0.05) is 12.8 Å². The minimum atomic E-state index is -0.584. The first-order chi connectivity index (χ1) is 14.5. The molecule has 30 heavy (non-hydrogen) atoms. The molecule has 1 unspecified atom stereocenters. The van der Waals surface area contributed by atoms with E-state index in [2.05, 4.69) is 37.5 Å². The van der Waals surface area contributed by atoms with Crippen LogP contribution in [0.15, 0.2) is 24.7 Å². The van der Waals surface area contributed by atoms with Crippen LogP contribution >= 0.6 is 0 Å². The second-order valence-corrected chi connectivity index (χ2v) is 7.76. The molecular weight excluding hydrogens is 384 g/mol. The zero-order chi connectivity index (χ0) is 21.1. The summed E-state index contributed by atoms with van der Waals surface area (Å²) in [7, 11) is 1.80. The zero-order valence-electron chi connectivity index (χ0n) is 17.4. The van der Waals surface area contributed by atoms with Gasteiger partial charge in [-0.05, 0) is 32.3 Å². The summed E-state index contributed by atoms with van der Waals surface area (Å²) in [6, 6.07) is 1.29. The van der Waals surface area contributed by atoms with Crippen LogP contribution in [-0.2, 0) is 11.8 Å². The molecule has 2 aliphatic rings. The van der Waals surface area contributed by atoms with E-state index in [1.165, 1.54) is 12.8 Å². The first-order valence-electron chi connectivity index (χ1n) is 10.5. The lowest BCUT2D eigenvalue weighted by atomic mass is 10.2. The van der Waals surface area contributed by atoms with E-state index in [1.807, 2.05) is 6.07 Å². The van der Waals surface area contributed by atoms with Gasteiger partial charge < -0.3 is 15.1 Å². The zero-order valence-corrected chi connectivity index (χ0v) is 17.4. The van der Waals surface area contributed by atoms with Crippen LogP contribution in [0, 0.1) is 0 Å². The lowest BCUT2D eigenvalue weighted by Crippen LogP contribution is -2.43. The molecule has 10 nitrogen and oxygen atoms in total. The summed E-state index contributed by atoms with van der Waals surface area (Å²) in [5.41, 5.74) is 0.731. The Kier molecular flexibility index (Phi) is 5.82. The van der Waals surface area contributed by atoms with E-state index in [-0.39, 0.29) is 11.9 Å². The van der Waals surface area contributed by atoms with Crippen molar-refractivity contribution in [3.05, 3.63) is 24.7 Å². The molecule has 1 aliphatic carbocycles. The van der Waals surface area contributed by atoms with E-state index in [0.717, 1.165) is 30.9 Å². The van der Waals surface area contributed by atoms with E-state index in [4.69, 9.17) is 0 Å². The van der Waals surface area contributed by atoms with Crippen molar-refractivity contribution in [3.8, 4) is 0 Å². The second-order valence-electron chi connectivity index (χ2n) is 7.76. The van der Waals surface area contributed by atoms with E-state index < -0.39 is 12.1 Å². The van der Waals surface area contributed by atoms with Gasteiger partial charge in [0, 0.05) is 38.6 Å². The normalized spacial score (nSPS) is 19.3. The number of nitrogens with one attached hydrogen (secondary N) is 2. The molecule has 2 aromatic heterocycles. The fourth-order valence-electron chi connectivity index (χ4n) is 4.31. The van der Waals surface area contributed by atoms with Gasteiger partial charge in [-0.25, -0.2) is 9.78 Å². The average Bonchev–Trinajstić information content (AvgIpc) is 3.46. The maximum atomic E-state index is 12.6. The van der Waals surface area contributed by atoms with Gasteiger partial charge in [0.25, 0.3) is 0 Å². The van der Waals surface area contributed by atoms with E-state index in [0.29, 0.717) is 19.0 Å². The van der Waals surface area contributed by atoms with Crippen LogP contribution in [0.3, 0.4) is 0 Å². The van der Waals surface area contributed by atoms with Gasteiger partial charge in [0.05, 0.1) is 11.9 Å². The molecule has 2 aromatic rings. The van der Waals surface area contributed by atoms with Crippen LogP contribution in [0.25, 0.3) is 0 Å². The molecule has 0 radical (unpaired) electrons. The number of rotatable bonds is 6. The van der Waals surface area contributed by atoms with Crippen LogP contribution in [0.5, 0.6) is 0 Å². The molecule has 3 amide bonds. The Morgan fingerprint density at radius 1 is 1.30 bits per heavy atom. The maximum absolute atomic E-state index is 12.6. The Balaban J connectivity index is 1.37. The molecule has 1 saturated carbocycles. The number of urea groups is 1. The van der Waals surface area contributed by atoms with Crippen molar-refractivity contribution < 1.29 is 9.59 Å². The molecule has 1 saturated heterocycles. The molecule has 0 spiro atoms. The molecule has 0 bridgehead atoms. The number of aromatic nitrogens is 4. The Labute approximate surface area is 175 Å². The van der Waals surface area contributed by atoms with Gasteiger partial charge >= 0.3 is 6.03 Å². The summed E-state index contributed by atoms with van der Waals surface area (Å²) in [5.74, 6) is 0.900. The molecule has 1 atom stereocenters. The molecule has 2 N–H and O–H groups in total. The lowest BCUT2D eigenvalue weighted by molar-refractivity contribution is -0.118. The van der Waals surface area contributed by atoms with Gasteiger partial charge in [-0.15, -0.1) is 0 Å². The number of nitrogens with zero attached hydrogens (tertiary/aromatic N) is 6. The van der Waals surface area contributed by atoms with Crippen LogP contribution in [0.2, 0.25) is 0 Å². The highest BCUT2D eigenvalue weighted by molar-refractivity contribution is 6.02. The molecule has 4 rings (SSSR count). The standard InChI is InChI=1S/C20H28N8O2/c1-3-27(14-6-4-5-7-14)17-8-10-21-19(24-17)25-20(30)23-16-9-11-28(18(16)29)15-12-22-26(2)13-15/h8,10,12-14,16H,3-7,9,11H2,1-2H3,(H2,21,23,24,25,30). The highest BCUT2D eigenvalue weighted by Crippen LogP contribution is 2.27. The van der Waals surface area contributed by atoms with E-state index in [9.17, 15) is 9.59 Å². The van der Waals surface area contributed by atoms with Gasteiger partial charge in [-0.2, -0.15) is 10.1 Å². The Morgan fingerprint density at radius 3 is 2.80 bits per heavy atom. The summed E-state index contributed by atoms with van der Waals surface area (Å²) in [4.78, 5) is 37.7. The van der Waals surface area contributed by atoms with Gasteiger partial charge in [0.15, 0.2) is 0 Å². The fraction of sp³-hybridized carbons (Fsp3) is 0.550. The minimum absolute atomic E-state index is 0.147. The maximum Gasteiger partial charge on any atom is 0.322 e. The lowest BCUT2D eigenvalue weighted by Gasteiger charge is -2.28. The van der Waals surface area contributed by atoms with Crippen LogP contribution in [-0.4, -0.2) is 56.9 Å². The summed E-state index contributed by atoms with van der Waals surface area (Å²) in [5, 5.41) is 9.51. The van der Waals surface area contributed by atoms with E-state index in [1.54, 1.807) is 35.2 Å². The quantitative estimate of drug-likeness (QED) is 0.750. The predicted molar refractivity (Wildman–Crippen MR) is 113 cm³/mol. The number of anilines is 3. The number of hydrogen-bond donors (Lipinski definition) is 2. The predicted octanol–water partition coefficient (Wildman–Crippen LogP) is 1.91. The Morgan fingerprint density at radius 2 is 2.10 bits per heavy atom. The molecule has 10 heteroatoms. The summed E-state index contributed by atoms with van der Waals surface area (Å²) in [6.45, 7) is 3.50. The van der Waals surface area contributed by atoms with Crippen LogP contribution < -0.4 is 20.4 Å². The second kappa shape index (κ2) is 8.68. The molecule has 1 aliphatic heterocycles. The van der Waals surface area contributed by atoms with Crippen molar-refractivity contribution >= 4 is 29.4 Å². The first-order valence-corrected chi connectivity index (χ1v) is 10.5. The van der Waals surface area contributed by atoms with Crippen molar-refractivity contribution in [2.75, 3.05) is 28.2 Å². The largest absolute Gasteiger partial charge is 0.354 e. The van der Waals surface area contributed by atoms with Crippen LogP contribution in [0.4, 0.5) is 22.2 Å². The molecule has 160 valence electrons.